The Morgan fingerprint density at radius 1 is 1.53 bits per heavy atom. The number of thioether (sulfide) groups is 1. The third-order valence-electron chi connectivity index (χ3n) is 2.16. The van der Waals surface area contributed by atoms with E-state index in [0.29, 0.717) is 22.6 Å². The van der Waals surface area contributed by atoms with Crippen molar-refractivity contribution in [3.63, 3.8) is 0 Å². The van der Waals surface area contributed by atoms with E-state index in [1.165, 1.54) is 34.9 Å². The summed E-state index contributed by atoms with van der Waals surface area (Å²) in [5.41, 5.74) is 0.890. The number of rotatable bonds is 4. The number of halogens is 1. The molecule has 90 valence electrons. The fourth-order valence-corrected chi connectivity index (χ4v) is 2.11. The fraction of sp³-hybridized carbons (Fsp3) is 0.333. The molecule has 0 atom stereocenters. The smallest absolute Gasteiger partial charge is 0.232 e. The summed E-state index contributed by atoms with van der Waals surface area (Å²) in [6, 6.07) is 6.20. The van der Waals surface area contributed by atoms with E-state index < -0.39 is 0 Å². The first-order chi connectivity index (χ1) is 8.04. The van der Waals surface area contributed by atoms with Gasteiger partial charge in [-0.15, -0.1) is 11.8 Å². The first-order valence-electron chi connectivity index (χ1n) is 5.01. The Bertz CT molecular complexity index is 454. The number of hydrogen-bond acceptors (Lipinski definition) is 3. The maximum Gasteiger partial charge on any atom is 0.232 e. The summed E-state index contributed by atoms with van der Waals surface area (Å²) in [5, 5.41) is 8.70. The second-order valence-corrected chi connectivity index (χ2v) is 4.68. The number of amides is 1. The van der Waals surface area contributed by atoms with Gasteiger partial charge in [-0.3, -0.25) is 4.79 Å². The Morgan fingerprint density at radius 3 is 2.82 bits per heavy atom. The highest BCUT2D eigenvalue weighted by atomic mass is 32.2. The molecule has 0 saturated heterocycles. The monoisotopic (exact) mass is 252 g/mol. The normalized spacial score (nSPS) is 9.76. The molecule has 1 rings (SSSR count). The molecule has 0 aliphatic rings. The van der Waals surface area contributed by atoms with E-state index in [9.17, 15) is 9.18 Å². The second-order valence-electron chi connectivity index (χ2n) is 3.70. The van der Waals surface area contributed by atoms with Crippen molar-refractivity contribution in [2.45, 2.75) is 5.75 Å². The zero-order chi connectivity index (χ0) is 12.8. The zero-order valence-corrected chi connectivity index (χ0v) is 10.6. The largest absolute Gasteiger partial charge is 0.348 e. The van der Waals surface area contributed by atoms with Crippen LogP contribution in [0.1, 0.15) is 11.1 Å². The SMILES string of the molecule is CN(C)C(=O)CSCc1cc(C#N)ccc1F. The van der Waals surface area contributed by atoms with Crippen molar-refractivity contribution in [1.29, 1.82) is 5.26 Å². The molecule has 0 aromatic heterocycles. The minimum Gasteiger partial charge on any atom is -0.348 e. The number of nitriles is 1. The molecular weight excluding hydrogens is 239 g/mol. The Balaban J connectivity index is 2.58. The van der Waals surface area contributed by atoms with Crippen molar-refractivity contribution >= 4 is 17.7 Å². The van der Waals surface area contributed by atoms with Crippen LogP contribution in [0.4, 0.5) is 4.39 Å². The summed E-state index contributed by atoms with van der Waals surface area (Å²) >= 11 is 1.34. The van der Waals surface area contributed by atoms with Crippen LogP contribution in [0.3, 0.4) is 0 Å². The Kier molecular flexibility index (Phi) is 4.98. The van der Waals surface area contributed by atoms with Gasteiger partial charge in [0.05, 0.1) is 17.4 Å². The Morgan fingerprint density at radius 2 is 2.24 bits per heavy atom. The molecular formula is C12H13FN2OS. The lowest BCUT2D eigenvalue weighted by molar-refractivity contribution is -0.125. The number of nitrogens with zero attached hydrogens (tertiary/aromatic N) is 2. The summed E-state index contributed by atoms with van der Waals surface area (Å²) in [5.74, 6) is 0.352. The van der Waals surface area contributed by atoms with Gasteiger partial charge in [0.1, 0.15) is 5.82 Å². The van der Waals surface area contributed by atoms with E-state index in [4.69, 9.17) is 5.26 Å². The predicted molar refractivity (Wildman–Crippen MR) is 66.0 cm³/mol. The van der Waals surface area contributed by atoms with Gasteiger partial charge in [0.2, 0.25) is 5.91 Å². The minimum atomic E-state index is -0.339. The summed E-state index contributed by atoms with van der Waals surface area (Å²) in [4.78, 5) is 12.8. The van der Waals surface area contributed by atoms with E-state index in [0.717, 1.165) is 0 Å². The number of benzene rings is 1. The molecule has 0 unspecified atom stereocenters. The van der Waals surface area contributed by atoms with Crippen LogP contribution in [0.15, 0.2) is 18.2 Å². The Labute approximate surface area is 104 Å². The maximum atomic E-state index is 13.4. The number of carbonyl (C=O) groups excluding carboxylic acids is 1. The predicted octanol–water partition coefficient (Wildman–Crippen LogP) is 2.02. The molecule has 5 heteroatoms. The van der Waals surface area contributed by atoms with Gasteiger partial charge in [-0.1, -0.05) is 0 Å². The highest BCUT2D eigenvalue weighted by molar-refractivity contribution is 7.99. The van der Waals surface area contributed by atoms with Crippen LogP contribution in [-0.4, -0.2) is 30.7 Å². The van der Waals surface area contributed by atoms with Gasteiger partial charge in [-0.25, -0.2) is 4.39 Å². The maximum absolute atomic E-state index is 13.4. The van der Waals surface area contributed by atoms with Crippen LogP contribution in [0.2, 0.25) is 0 Å². The van der Waals surface area contributed by atoms with E-state index >= 15 is 0 Å². The molecule has 1 amide bonds. The van der Waals surface area contributed by atoms with Crippen LogP contribution in [-0.2, 0) is 10.5 Å². The van der Waals surface area contributed by atoms with Crippen LogP contribution in [0.25, 0.3) is 0 Å². The van der Waals surface area contributed by atoms with Crippen molar-refractivity contribution in [1.82, 2.24) is 4.90 Å². The zero-order valence-electron chi connectivity index (χ0n) is 9.74. The van der Waals surface area contributed by atoms with Gasteiger partial charge in [0, 0.05) is 19.8 Å². The van der Waals surface area contributed by atoms with E-state index in [2.05, 4.69) is 0 Å². The van der Waals surface area contributed by atoms with Gasteiger partial charge in [0.25, 0.3) is 0 Å². The van der Waals surface area contributed by atoms with Crippen molar-refractivity contribution in [3.05, 3.63) is 35.1 Å². The van der Waals surface area contributed by atoms with Crippen molar-refractivity contribution < 1.29 is 9.18 Å². The molecule has 0 spiro atoms. The molecule has 17 heavy (non-hydrogen) atoms. The lowest BCUT2D eigenvalue weighted by atomic mass is 10.1. The molecule has 0 fully saturated rings. The molecule has 0 N–H and O–H groups in total. The number of hydrogen-bond donors (Lipinski definition) is 0. The van der Waals surface area contributed by atoms with Crippen LogP contribution in [0.5, 0.6) is 0 Å². The first kappa shape index (κ1) is 13.5. The Hall–Kier alpha value is -1.54. The molecule has 1 aromatic rings. The van der Waals surface area contributed by atoms with Crippen molar-refractivity contribution in [3.8, 4) is 6.07 Å². The third-order valence-corrected chi connectivity index (χ3v) is 3.12. The molecule has 3 nitrogen and oxygen atoms in total. The summed E-state index contributed by atoms with van der Waals surface area (Å²) in [6.07, 6.45) is 0. The topological polar surface area (TPSA) is 44.1 Å². The molecule has 0 bridgehead atoms. The van der Waals surface area contributed by atoms with Crippen LogP contribution >= 0.6 is 11.8 Å². The highest BCUT2D eigenvalue weighted by Crippen LogP contribution is 2.17. The van der Waals surface area contributed by atoms with Crippen molar-refractivity contribution in [2.75, 3.05) is 19.8 Å². The molecule has 0 saturated carbocycles. The van der Waals surface area contributed by atoms with E-state index in [1.807, 2.05) is 6.07 Å². The van der Waals surface area contributed by atoms with E-state index in [-0.39, 0.29) is 11.7 Å². The van der Waals surface area contributed by atoms with Crippen molar-refractivity contribution in [2.24, 2.45) is 0 Å². The lowest BCUT2D eigenvalue weighted by Gasteiger charge is -2.09. The molecule has 0 heterocycles. The average Bonchev–Trinajstić information content (AvgIpc) is 2.31. The van der Waals surface area contributed by atoms with Gasteiger partial charge < -0.3 is 4.90 Å². The first-order valence-corrected chi connectivity index (χ1v) is 6.16. The average molecular weight is 252 g/mol. The summed E-state index contributed by atoms with van der Waals surface area (Å²) in [6.45, 7) is 0. The van der Waals surface area contributed by atoms with Gasteiger partial charge in [0.15, 0.2) is 0 Å². The van der Waals surface area contributed by atoms with Crippen LogP contribution in [0, 0.1) is 17.1 Å². The van der Waals surface area contributed by atoms with Gasteiger partial charge in [-0.05, 0) is 23.8 Å². The molecule has 1 aromatic carbocycles. The molecule has 0 aliphatic heterocycles. The minimum absolute atomic E-state index is 0.00755. The van der Waals surface area contributed by atoms with E-state index in [1.54, 1.807) is 14.1 Å². The standard InChI is InChI=1S/C12H13FN2OS/c1-15(2)12(16)8-17-7-10-5-9(6-14)3-4-11(10)13/h3-5H,7-8H2,1-2H3. The summed E-state index contributed by atoms with van der Waals surface area (Å²) < 4.78 is 13.4. The quantitative estimate of drug-likeness (QED) is 0.823. The highest BCUT2D eigenvalue weighted by Gasteiger charge is 2.07. The molecule has 0 radical (unpaired) electrons. The molecule has 0 aliphatic carbocycles. The fourth-order valence-electron chi connectivity index (χ4n) is 1.13. The van der Waals surface area contributed by atoms with Gasteiger partial charge in [-0.2, -0.15) is 5.26 Å². The van der Waals surface area contributed by atoms with Gasteiger partial charge >= 0.3 is 0 Å². The second kappa shape index (κ2) is 6.26. The summed E-state index contributed by atoms with van der Waals surface area (Å²) in [7, 11) is 3.36. The number of carbonyl (C=O) groups is 1. The lowest BCUT2D eigenvalue weighted by Crippen LogP contribution is -2.23. The van der Waals surface area contributed by atoms with Crippen LogP contribution < -0.4 is 0 Å². The third kappa shape index (κ3) is 4.08.